The van der Waals surface area contributed by atoms with Crippen LogP contribution in [0.2, 0.25) is 0 Å². The summed E-state index contributed by atoms with van der Waals surface area (Å²) in [6, 6.07) is 7.76. The average molecular weight is 278 g/mol. The lowest BCUT2D eigenvalue weighted by Crippen LogP contribution is -2.37. The Morgan fingerprint density at radius 1 is 1.35 bits per heavy atom. The molecule has 0 saturated carbocycles. The second-order valence-electron chi connectivity index (χ2n) is 5.07. The Labute approximate surface area is 119 Å². The van der Waals surface area contributed by atoms with Gasteiger partial charge in [0.15, 0.2) is 0 Å². The Morgan fingerprint density at radius 2 is 2.00 bits per heavy atom. The molecular formula is C15H22N2O3. The normalized spacial score (nSPS) is 17.7. The number of amides is 1. The number of hydrogen-bond acceptors (Lipinski definition) is 4. The third kappa shape index (κ3) is 4.59. The van der Waals surface area contributed by atoms with Gasteiger partial charge in [0.25, 0.3) is 5.91 Å². The lowest BCUT2D eigenvalue weighted by atomic mass is 10.1. The minimum atomic E-state index is -0.990. The average Bonchev–Trinajstić information content (AvgIpc) is 2.47. The van der Waals surface area contributed by atoms with E-state index >= 15 is 0 Å². The van der Waals surface area contributed by atoms with Crippen molar-refractivity contribution in [1.82, 2.24) is 4.90 Å². The molecule has 1 amide bonds. The van der Waals surface area contributed by atoms with E-state index in [2.05, 4.69) is 10.2 Å². The van der Waals surface area contributed by atoms with Crippen LogP contribution in [0.3, 0.4) is 0 Å². The van der Waals surface area contributed by atoms with Crippen LogP contribution in [-0.2, 0) is 16.0 Å². The van der Waals surface area contributed by atoms with Crippen molar-refractivity contribution in [1.29, 1.82) is 0 Å². The molecule has 0 spiro atoms. The Hall–Kier alpha value is -1.43. The van der Waals surface area contributed by atoms with Crippen LogP contribution in [0.15, 0.2) is 24.3 Å². The fourth-order valence-electron chi connectivity index (χ4n) is 2.11. The number of anilines is 1. The summed E-state index contributed by atoms with van der Waals surface area (Å²) in [6.45, 7) is 6.13. The molecule has 0 bridgehead atoms. The first-order valence-electron chi connectivity index (χ1n) is 7.03. The Bertz CT molecular complexity index is 425. The molecule has 0 aromatic heterocycles. The van der Waals surface area contributed by atoms with Crippen LogP contribution in [0.1, 0.15) is 12.5 Å². The van der Waals surface area contributed by atoms with Gasteiger partial charge in [-0.25, -0.2) is 0 Å². The van der Waals surface area contributed by atoms with E-state index in [4.69, 9.17) is 9.84 Å². The molecule has 2 rings (SSSR count). The molecule has 1 aromatic rings. The first kappa shape index (κ1) is 15.0. The van der Waals surface area contributed by atoms with Crippen LogP contribution in [0.25, 0.3) is 0 Å². The van der Waals surface area contributed by atoms with Gasteiger partial charge in [-0.3, -0.25) is 9.69 Å². The predicted molar refractivity (Wildman–Crippen MR) is 77.7 cm³/mol. The monoisotopic (exact) mass is 278 g/mol. The van der Waals surface area contributed by atoms with E-state index in [0.717, 1.165) is 39.3 Å². The Morgan fingerprint density at radius 3 is 2.60 bits per heavy atom. The molecule has 1 aliphatic heterocycles. The SMILES string of the molecule is CC(O)C(=O)Nc1ccc(CCN2CCOCC2)cc1. The Balaban J connectivity index is 1.80. The topological polar surface area (TPSA) is 61.8 Å². The van der Waals surface area contributed by atoms with E-state index in [9.17, 15) is 4.79 Å². The maximum atomic E-state index is 11.3. The molecule has 1 aromatic carbocycles. The summed E-state index contributed by atoms with van der Waals surface area (Å²) in [6.07, 6.45) is 0.000886. The van der Waals surface area contributed by atoms with Gasteiger partial charge in [-0.05, 0) is 31.0 Å². The molecule has 5 nitrogen and oxygen atoms in total. The first-order valence-corrected chi connectivity index (χ1v) is 7.03. The summed E-state index contributed by atoms with van der Waals surface area (Å²) in [5, 5.41) is 11.8. The van der Waals surface area contributed by atoms with E-state index < -0.39 is 6.10 Å². The van der Waals surface area contributed by atoms with Crippen molar-refractivity contribution in [2.24, 2.45) is 0 Å². The summed E-state index contributed by atoms with van der Waals surface area (Å²) in [7, 11) is 0. The van der Waals surface area contributed by atoms with Crippen molar-refractivity contribution in [3.63, 3.8) is 0 Å². The third-order valence-corrected chi connectivity index (χ3v) is 3.42. The minimum absolute atomic E-state index is 0.383. The van der Waals surface area contributed by atoms with Crippen molar-refractivity contribution in [3.05, 3.63) is 29.8 Å². The fourth-order valence-corrected chi connectivity index (χ4v) is 2.11. The van der Waals surface area contributed by atoms with Crippen LogP contribution >= 0.6 is 0 Å². The van der Waals surface area contributed by atoms with Gasteiger partial charge in [-0.2, -0.15) is 0 Å². The first-order chi connectivity index (χ1) is 9.65. The largest absolute Gasteiger partial charge is 0.384 e. The van der Waals surface area contributed by atoms with Crippen molar-refractivity contribution in [2.45, 2.75) is 19.4 Å². The molecule has 1 unspecified atom stereocenters. The van der Waals surface area contributed by atoms with E-state index in [1.165, 1.54) is 12.5 Å². The van der Waals surface area contributed by atoms with E-state index in [1.54, 1.807) is 0 Å². The van der Waals surface area contributed by atoms with Crippen LogP contribution in [-0.4, -0.2) is 54.9 Å². The summed E-state index contributed by atoms with van der Waals surface area (Å²) in [5.41, 5.74) is 1.96. The number of carbonyl (C=O) groups excluding carboxylic acids is 1. The van der Waals surface area contributed by atoms with Crippen LogP contribution < -0.4 is 5.32 Å². The highest BCUT2D eigenvalue weighted by molar-refractivity contribution is 5.93. The van der Waals surface area contributed by atoms with Crippen molar-refractivity contribution in [3.8, 4) is 0 Å². The number of benzene rings is 1. The van der Waals surface area contributed by atoms with Crippen LogP contribution in [0.5, 0.6) is 0 Å². The number of nitrogens with zero attached hydrogens (tertiary/aromatic N) is 1. The number of aliphatic hydroxyl groups excluding tert-OH is 1. The van der Waals surface area contributed by atoms with Crippen molar-refractivity contribution < 1.29 is 14.6 Å². The molecule has 1 fully saturated rings. The molecule has 5 heteroatoms. The number of aliphatic hydroxyl groups is 1. The zero-order chi connectivity index (χ0) is 14.4. The molecule has 0 aliphatic carbocycles. The van der Waals surface area contributed by atoms with E-state index in [-0.39, 0.29) is 5.91 Å². The van der Waals surface area contributed by atoms with Gasteiger partial charge in [-0.15, -0.1) is 0 Å². The number of morpholine rings is 1. The van der Waals surface area contributed by atoms with Gasteiger partial charge in [0.2, 0.25) is 0 Å². The standard InChI is InChI=1S/C15H22N2O3/c1-12(18)15(19)16-14-4-2-13(3-5-14)6-7-17-8-10-20-11-9-17/h2-5,12,18H,6-11H2,1H3,(H,16,19). The van der Waals surface area contributed by atoms with Gasteiger partial charge >= 0.3 is 0 Å². The van der Waals surface area contributed by atoms with E-state index in [1.807, 2.05) is 24.3 Å². The van der Waals surface area contributed by atoms with Gasteiger partial charge in [0, 0.05) is 25.3 Å². The second kappa shape index (κ2) is 7.38. The lowest BCUT2D eigenvalue weighted by molar-refractivity contribution is -0.123. The number of rotatable bonds is 5. The number of carbonyl (C=O) groups is 1. The molecule has 110 valence electrons. The maximum absolute atomic E-state index is 11.3. The molecular weight excluding hydrogens is 256 g/mol. The fraction of sp³-hybridized carbons (Fsp3) is 0.533. The summed E-state index contributed by atoms with van der Waals surface area (Å²) < 4.78 is 5.32. The Kier molecular flexibility index (Phi) is 5.52. The molecule has 20 heavy (non-hydrogen) atoms. The summed E-state index contributed by atoms with van der Waals surface area (Å²) >= 11 is 0. The zero-order valence-electron chi connectivity index (χ0n) is 11.8. The van der Waals surface area contributed by atoms with Crippen LogP contribution in [0, 0.1) is 0 Å². The second-order valence-corrected chi connectivity index (χ2v) is 5.07. The highest BCUT2D eigenvalue weighted by atomic mass is 16.5. The van der Waals surface area contributed by atoms with Crippen molar-refractivity contribution >= 4 is 11.6 Å². The smallest absolute Gasteiger partial charge is 0.252 e. The molecule has 1 atom stereocenters. The zero-order valence-corrected chi connectivity index (χ0v) is 11.8. The number of nitrogens with one attached hydrogen (secondary N) is 1. The highest BCUT2D eigenvalue weighted by Gasteiger charge is 2.10. The maximum Gasteiger partial charge on any atom is 0.252 e. The van der Waals surface area contributed by atoms with Crippen LogP contribution in [0.4, 0.5) is 5.69 Å². The highest BCUT2D eigenvalue weighted by Crippen LogP contribution is 2.11. The molecule has 0 radical (unpaired) electrons. The van der Waals surface area contributed by atoms with Gasteiger partial charge < -0.3 is 15.2 Å². The molecule has 1 aliphatic rings. The minimum Gasteiger partial charge on any atom is -0.384 e. The van der Waals surface area contributed by atoms with Gasteiger partial charge in [-0.1, -0.05) is 12.1 Å². The summed E-state index contributed by atoms with van der Waals surface area (Å²) in [5.74, 6) is -0.383. The predicted octanol–water partition coefficient (Wildman–Crippen LogP) is 0.881. The molecule has 2 N–H and O–H groups in total. The van der Waals surface area contributed by atoms with Gasteiger partial charge in [0.1, 0.15) is 6.10 Å². The molecule has 1 heterocycles. The third-order valence-electron chi connectivity index (χ3n) is 3.42. The summed E-state index contributed by atoms with van der Waals surface area (Å²) in [4.78, 5) is 13.7. The molecule has 1 saturated heterocycles. The van der Waals surface area contributed by atoms with E-state index in [0.29, 0.717) is 5.69 Å². The number of ether oxygens (including phenoxy) is 1. The quantitative estimate of drug-likeness (QED) is 0.839. The number of hydrogen-bond donors (Lipinski definition) is 2. The van der Waals surface area contributed by atoms with Gasteiger partial charge in [0.05, 0.1) is 13.2 Å². The lowest BCUT2D eigenvalue weighted by Gasteiger charge is -2.26. The van der Waals surface area contributed by atoms with Crippen molar-refractivity contribution in [2.75, 3.05) is 38.2 Å².